The van der Waals surface area contributed by atoms with Crippen LogP contribution in [0.5, 0.6) is 0 Å². The van der Waals surface area contributed by atoms with Gasteiger partial charge in [0.2, 0.25) is 0 Å². The first-order chi connectivity index (χ1) is 8.79. The summed E-state index contributed by atoms with van der Waals surface area (Å²) in [5, 5.41) is 5.96. The maximum atomic E-state index is 5.32. The van der Waals surface area contributed by atoms with E-state index in [1.165, 1.54) is 5.56 Å². The predicted octanol–water partition coefficient (Wildman–Crippen LogP) is 1.78. The second kappa shape index (κ2) is 6.68. The molecule has 1 aromatic carbocycles. The van der Waals surface area contributed by atoms with Crippen LogP contribution in [-0.4, -0.2) is 36.4 Å². The molecule has 0 radical (unpaired) electrons. The number of hydrogen-bond donors (Lipinski definition) is 2. The van der Waals surface area contributed by atoms with E-state index in [-0.39, 0.29) is 0 Å². The summed E-state index contributed by atoms with van der Waals surface area (Å²) in [6.07, 6.45) is 0.989. The Kier molecular flexibility index (Phi) is 4.92. The molecule has 1 aliphatic heterocycles. The van der Waals surface area contributed by atoms with Gasteiger partial charge in [0.15, 0.2) is 5.11 Å². The highest BCUT2D eigenvalue weighted by atomic mass is 32.1. The van der Waals surface area contributed by atoms with Crippen LogP contribution in [0.1, 0.15) is 12.5 Å². The molecule has 0 spiro atoms. The smallest absolute Gasteiger partial charge is 0.185 e. The van der Waals surface area contributed by atoms with Gasteiger partial charge in [-0.1, -0.05) is 25.1 Å². The summed E-state index contributed by atoms with van der Waals surface area (Å²) in [4.78, 5) is 0. The Morgan fingerprint density at radius 1 is 1.33 bits per heavy atom. The van der Waals surface area contributed by atoms with Gasteiger partial charge in [-0.05, 0) is 30.3 Å². The van der Waals surface area contributed by atoms with Gasteiger partial charge >= 0.3 is 0 Å². The normalized spacial score (nSPS) is 16.3. The first-order valence-electron chi connectivity index (χ1n) is 6.28. The van der Waals surface area contributed by atoms with E-state index >= 15 is 0 Å². The second-order valence-electron chi connectivity index (χ2n) is 4.18. The zero-order valence-corrected chi connectivity index (χ0v) is 11.4. The molecule has 1 aromatic rings. The number of rotatable bonds is 3. The number of aryl methyl sites for hydroxylation is 1. The lowest BCUT2D eigenvalue weighted by molar-refractivity contribution is 0.0252. The van der Waals surface area contributed by atoms with Crippen LogP contribution in [0.3, 0.4) is 0 Å². The number of benzene rings is 1. The van der Waals surface area contributed by atoms with Gasteiger partial charge in [-0.3, -0.25) is 5.43 Å². The number of morpholine rings is 1. The first-order valence-corrected chi connectivity index (χ1v) is 6.68. The minimum Gasteiger partial charge on any atom is -0.379 e. The van der Waals surface area contributed by atoms with E-state index < -0.39 is 0 Å². The molecule has 1 aliphatic rings. The lowest BCUT2D eigenvalue weighted by atomic mass is 10.1. The summed E-state index contributed by atoms with van der Waals surface area (Å²) < 4.78 is 5.29. The van der Waals surface area contributed by atoms with Crippen molar-refractivity contribution in [1.82, 2.24) is 10.4 Å². The Morgan fingerprint density at radius 2 is 2.06 bits per heavy atom. The Balaban J connectivity index is 1.90. The van der Waals surface area contributed by atoms with E-state index in [2.05, 4.69) is 28.7 Å². The highest BCUT2D eigenvalue weighted by Gasteiger charge is 2.11. The van der Waals surface area contributed by atoms with Crippen LogP contribution in [0.2, 0.25) is 0 Å². The Bertz CT molecular complexity index is 405. The van der Waals surface area contributed by atoms with Crippen LogP contribution in [0, 0.1) is 0 Å². The molecule has 18 heavy (non-hydrogen) atoms. The van der Waals surface area contributed by atoms with Crippen LogP contribution < -0.4 is 10.7 Å². The van der Waals surface area contributed by atoms with Crippen LogP contribution >= 0.6 is 12.2 Å². The highest BCUT2D eigenvalue weighted by molar-refractivity contribution is 7.80. The lowest BCUT2D eigenvalue weighted by Gasteiger charge is -2.28. The summed E-state index contributed by atoms with van der Waals surface area (Å²) in [5.41, 5.74) is 5.53. The van der Waals surface area contributed by atoms with Crippen molar-refractivity contribution < 1.29 is 4.74 Å². The van der Waals surface area contributed by atoms with Crippen molar-refractivity contribution in [2.45, 2.75) is 13.3 Å². The number of nitrogens with one attached hydrogen (secondary N) is 2. The molecule has 4 nitrogen and oxygen atoms in total. The number of anilines is 1. The minimum absolute atomic E-state index is 0.637. The van der Waals surface area contributed by atoms with Crippen molar-refractivity contribution in [2.24, 2.45) is 0 Å². The molecule has 0 bridgehead atoms. The number of thiocarbonyl (C=S) groups is 1. The summed E-state index contributed by atoms with van der Waals surface area (Å²) >= 11 is 5.32. The third-order valence-electron chi connectivity index (χ3n) is 2.92. The van der Waals surface area contributed by atoms with Crippen molar-refractivity contribution in [2.75, 3.05) is 31.6 Å². The molecule has 0 amide bonds. The summed E-state index contributed by atoms with van der Waals surface area (Å²) in [7, 11) is 0. The van der Waals surface area contributed by atoms with Gasteiger partial charge < -0.3 is 10.1 Å². The van der Waals surface area contributed by atoms with Crippen molar-refractivity contribution in [3.63, 3.8) is 0 Å². The highest BCUT2D eigenvalue weighted by Crippen LogP contribution is 2.15. The molecule has 2 N–H and O–H groups in total. The molecular formula is C13H19N3OS. The molecule has 1 saturated heterocycles. The third kappa shape index (κ3) is 3.66. The minimum atomic E-state index is 0.637. The number of nitrogens with zero attached hydrogens (tertiary/aromatic N) is 1. The molecule has 1 fully saturated rings. The van der Waals surface area contributed by atoms with Crippen LogP contribution in [-0.2, 0) is 11.2 Å². The zero-order valence-electron chi connectivity index (χ0n) is 10.6. The summed E-state index contributed by atoms with van der Waals surface area (Å²) in [6, 6.07) is 8.22. The average molecular weight is 265 g/mol. The molecule has 5 heteroatoms. The maximum Gasteiger partial charge on any atom is 0.185 e. The Morgan fingerprint density at radius 3 is 2.78 bits per heavy atom. The lowest BCUT2D eigenvalue weighted by Crippen LogP contribution is -2.49. The number of hydrazine groups is 1. The average Bonchev–Trinajstić information content (AvgIpc) is 2.40. The maximum absolute atomic E-state index is 5.32. The van der Waals surface area contributed by atoms with Gasteiger partial charge in [0.05, 0.1) is 13.2 Å². The fourth-order valence-electron chi connectivity index (χ4n) is 1.92. The second-order valence-corrected chi connectivity index (χ2v) is 4.58. The standard InChI is InChI=1S/C13H19N3OS/c1-2-11-5-3-4-6-12(11)14-13(18)15-16-7-9-17-10-8-16/h3-6H,2,7-10H2,1H3,(H2,14,15,18). The van der Waals surface area contributed by atoms with E-state index in [1.807, 2.05) is 18.2 Å². The molecular weight excluding hydrogens is 246 g/mol. The summed E-state index contributed by atoms with van der Waals surface area (Å²) in [5.74, 6) is 0. The van der Waals surface area contributed by atoms with Gasteiger partial charge in [0, 0.05) is 18.8 Å². The predicted molar refractivity (Wildman–Crippen MR) is 77.6 cm³/mol. The number of para-hydroxylation sites is 1. The first kappa shape index (κ1) is 13.3. The third-order valence-corrected chi connectivity index (χ3v) is 3.11. The monoisotopic (exact) mass is 265 g/mol. The van der Waals surface area contributed by atoms with E-state index in [9.17, 15) is 0 Å². The van der Waals surface area contributed by atoms with Crippen LogP contribution in [0.15, 0.2) is 24.3 Å². The fraction of sp³-hybridized carbons (Fsp3) is 0.462. The molecule has 0 unspecified atom stereocenters. The van der Waals surface area contributed by atoms with E-state index in [4.69, 9.17) is 17.0 Å². The molecule has 2 rings (SSSR count). The van der Waals surface area contributed by atoms with Crippen molar-refractivity contribution >= 4 is 23.0 Å². The van der Waals surface area contributed by atoms with Crippen molar-refractivity contribution in [1.29, 1.82) is 0 Å². The fourth-order valence-corrected chi connectivity index (χ4v) is 2.16. The SMILES string of the molecule is CCc1ccccc1NC(=S)NN1CCOCC1. The van der Waals surface area contributed by atoms with Crippen LogP contribution in [0.25, 0.3) is 0 Å². The van der Waals surface area contributed by atoms with E-state index in [0.29, 0.717) is 5.11 Å². The Hall–Kier alpha value is -1.17. The van der Waals surface area contributed by atoms with Gasteiger partial charge in [-0.25, -0.2) is 5.01 Å². The van der Waals surface area contributed by atoms with Gasteiger partial charge in [-0.15, -0.1) is 0 Å². The molecule has 0 atom stereocenters. The number of ether oxygens (including phenoxy) is 1. The largest absolute Gasteiger partial charge is 0.379 e. The van der Waals surface area contributed by atoms with Gasteiger partial charge in [0.25, 0.3) is 0 Å². The zero-order chi connectivity index (χ0) is 12.8. The van der Waals surface area contributed by atoms with E-state index in [1.54, 1.807) is 0 Å². The molecule has 0 saturated carbocycles. The van der Waals surface area contributed by atoms with Crippen molar-refractivity contribution in [3.8, 4) is 0 Å². The van der Waals surface area contributed by atoms with E-state index in [0.717, 1.165) is 38.4 Å². The quantitative estimate of drug-likeness (QED) is 0.815. The van der Waals surface area contributed by atoms with Gasteiger partial charge in [-0.2, -0.15) is 0 Å². The van der Waals surface area contributed by atoms with Gasteiger partial charge in [0.1, 0.15) is 0 Å². The van der Waals surface area contributed by atoms with Crippen molar-refractivity contribution in [3.05, 3.63) is 29.8 Å². The van der Waals surface area contributed by atoms with Crippen LogP contribution in [0.4, 0.5) is 5.69 Å². The molecule has 1 heterocycles. The Labute approximate surface area is 113 Å². The summed E-state index contributed by atoms with van der Waals surface area (Å²) in [6.45, 7) is 5.36. The molecule has 98 valence electrons. The molecule has 0 aliphatic carbocycles. The molecule has 0 aromatic heterocycles. The number of hydrogen-bond acceptors (Lipinski definition) is 3. The topological polar surface area (TPSA) is 36.5 Å².